The zero-order valence-corrected chi connectivity index (χ0v) is 20.3. The Bertz CT molecular complexity index is 928. The Labute approximate surface area is 203 Å². The normalized spacial score (nSPS) is 24.7. The topological polar surface area (TPSA) is 20.2 Å². The molecular formula is C29H34BrNO. The van der Waals surface area contributed by atoms with Gasteiger partial charge in [-0.25, -0.2) is 0 Å². The number of rotatable bonds is 7. The third-order valence-electron chi connectivity index (χ3n) is 8.01. The molecule has 3 fully saturated rings. The number of quaternary nitrogens is 1. The van der Waals surface area contributed by atoms with Gasteiger partial charge in [0, 0.05) is 25.2 Å². The molecule has 0 amide bonds. The molecule has 1 atom stereocenters. The first-order chi connectivity index (χ1) is 15.2. The summed E-state index contributed by atoms with van der Waals surface area (Å²) in [5.41, 5.74) is 2.57. The molecule has 3 aromatic carbocycles. The van der Waals surface area contributed by atoms with Crippen molar-refractivity contribution >= 4 is 0 Å². The summed E-state index contributed by atoms with van der Waals surface area (Å²) in [7, 11) is 0. The molecule has 3 aromatic rings. The summed E-state index contributed by atoms with van der Waals surface area (Å²) in [5, 5.41) is 12.1. The zero-order valence-electron chi connectivity index (χ0n) is 18.7. The molecule has 0 aromatic heterocycles. The summed E-state index contributed by atoms with van der Waals surface area (Å²) < 4.78 is 1.23. The van der Waals surface area contributed by atoms with E-state index in [4.69, 9.17) is 0 Å². The highest BCUT2D eigenvalue weighted by atomic mass is 79.9. The maximum absolute atomic E-state index is 12.1. The molecule has 1 N–H and O–H groups in total. The summed E-state index contributed by atoms with van der Waals surface area (Å²) in [5.74, 6) is 1.30. The molecule has 3 heterocycles. The number of halogens is 1. The fourth-order valence-corrected chi connectivity index (χ4v) is 6.20. The molecule has 2 bridgehead atoms. The van der Waals surface area contributed by atoms with Gasteiger partial charge in [0.15, 0.2) is 0 Å². The molecule has 6 rings (SSSR count). The fraction of sp³-hybridized carbons (Fsp3) is 0.379. The third kappa shape index (κ3) is 4.71. The van der Waals surface area contributed by atoms with Crippen LogP contribution in [-0.2, 0) is 12.0 Å². The molecule has 0 aliphatic carbocycles. The van der Waals surface area contributed by atoms with Gasteiger partial charge in [-0.3, -0.25) is 0 Å². The van der Waals surface area contributed by atoms with Gasteiger partial charge < -0.3 is 26.6 Å². The fourth-order valence-electron chi connectivity index (χ4n) is 6.20. The lowest BCUT2D eigenvalue weighted by molar-refractivity contribution is -0.947. The minimum atomic E-state index is -0.921. The van der Waals surface area contributed by atoms with Crippen molar-refractivity contribution in [2.75, 3.05) is 26.2 Å². The highest BCUT2D eigenvalue weighted by Gasteiger charge is 2.48. The van der Waals surface area contributed by atoms with Gasteiger partial charge in [-0.2, -0.15) is 0 Å². The first-order valence-electron chi connectivity index (χ1n) is 11.9. The number of benzene rings is 3. The molecule has 32 heavy (non-hydrogen) atoms. The molecule has 1 unspecified atom stereocenters. The van der Waals surface area contributed by atoms with Crippen molar-refractivity contribution in [3.63, 3.8) is 0 Å². The van der Waals surface area contributed by atoms with Gasteiger partial charge in [0.05, 0.1) is 26.2 Å². The highest BCUT2D eigenvalue weighted by Crippen LogP contribution is 2.45. The van der Waals surface area contributed by atoms with Crippen molar-refractivity contribution in [1.29, 1.82) is 0 Å². The standard InChI is InChI=1S/C29H34NO.BrH/c31-29(27-12-6-2-7-13-27,28-14-8-3-9-15-28)22-26-23-30(20-17-25(26)18-21-30)19-16-24-10-4-1-5-11-24;/h1-15,25-26,31H,16-23H2;1H/q+1;/p-1. The van der Waals surface area contributed by atoms with Crippen LogP contribution in [0.5, 0.6) is 0 Å². The van der Waals surface area contributed by atoms with E-state index in [1.54, 1.807) is 0 Å². The van der Waals surface area contributed by atoms with Crippen molar-refractivity contribution in [2.24, 2.45) is 11.8 Å². The van der Waals surface area contributed by atoms with Crippen LogP contribution in [0.15, 0.2) is 91.0 Å². The number of hydrogen-bond acceptors (Lipinski definition) is 1. The third-order valence-corrected chi connectivity index (χ3v) is 8.01. The van der Waals surface area contributed by atoms with Crippen LogP contribution in [-0.4, -0.2) is 35.8 Å². The average Bonchev–Trinajstić information content (AvgIpc) is 2.85. The van der Waals surface area contributed by atoms with E-state index < -0.39 is 5.60 Å². The van der Waals surface area contributed by atoms with Gasteiger partial charge in [-0.05, 0) is 29.0 Å². The smallest absolute Gasteiger partial charge is 0.115 e. The molecule has 168 valence electrons. The lowest BCUT2D eigenvalue weighted by Gasteiger charge is -2.54. The summed E-state index contributed by atoms with van der Waals surface area (Å²) >= 11 is 0. The molecule has 3 aliphatic rings. The largest absolute Gasteiger partial charge is 1.00 e. The Kier molecular flexibility index (Phi) is 7.19. The SMILES string of the molecule is OC(CC1C[N+]2(CCc3ccccc3)CCC1CC2)(c1ccccc1)c1ccccc1.[Br-]. The van der Waals surface area contributed by atoms with Crippen LogP contribution in [0.4, 0.5) is 0 Å². The number of hydrogen-bond donors (Lipinski definition) is 1. The minimum Gasteiger partial charge on any atom is -1.00 e. The minimum absolute atomic E-state index is 0. The summed E-state index contributed by atoms with van der Waals surface area (Å²) in [6.45, 7) is 5.05. The maximum atomic E-state index is 12.1. The number of fused-ring (bicyclic) bond motifs is 3. The second-order valence-electron chi connectivity index (χ2n) is 9.82. The van der Waals surface area contributed by atoms with Crippen molar-refractivity contribution in [3.8, 4) is 0 Å². The Morgan fingerprint density at radius 3 is 1.78 bits per heavy atom. The van der Waals surface area contributed by atoms with E-state index >= 15 is 0 Å². The lowest BCUT2D eigenvalue weighted by atomic mass is 9.69. The predicted octanol–water partition coefficient (Wildman–Crippen LogP) is 2.42. The monoisotopic (exact) mass is 491 g/mol. The summed E-state index contributed by atoms with van der Waals surface area (Å²) in [6, 6.07) is 31.6. The van der Waals surface area contributed by atoms with E-state index in [-0.39, 0.29) is 17.0 Å². The molecule has 0 spiro atoms. The Hall–Kier alpha value is -1.94. The van der Waals surface area contributed by atoms with Crippen LogP contribution in [0.1, 0.15) is 36.0 Å². The van der Waals surface area contributed by atoms with Crippen molar-refractivity contribution < 1.29 is 26.6 Å². The highest BCUT2D eigenvalue weighted by molar-refractivity contribution is 5.36. The van der Waals surface area contributed by atoms with Crippen LogP contribution < -0.4 is 17.0 Å². The van der Waals surface area contributed by atoms with Crippen molar-refractivity contribution in [1.82, 2.24) is 0 Å². The molecule has 0 radical (unpaired) electrons. The lowest BCUT2D eigenvalue weighted by Crippen LogP contribution is -3.00. The van der Waals surface area contributed by atoms with Gasteiger partial charge in [0.25, 0.3) is 0 Å². The molecule has 3 aliphatic heterocycles. The van der Waals surface area contributed by atoms with E-state index in [0.29, 0.717) is 5.92 Å². The van der Waals surface area contributed by atoms with Gasteiger partial charge >= 0.3 is 0 Å². The molecule has 0 saturated carbocycles. The quantitative estimate of drug-likeness (QED) is 0.503. The summed E-state index contributed by atoms with van der Waals surface area (Å²) in [6.07, 6.45) is 4.58. The van der Waals surface area contributed by atoms with Crippen molar-refractivity contribution in [3.05, 3.63) is 108 Å². The first-order valence-corrected chi connectivity index (χ1v) is 11.9. The Balaban J connectivity index is 0.00000245. The van der Waals surface area contributed by atoms with E-state index in [1.165, 1.54) is 49.1 Å². The Morgan fingerprint density at radius 2 is 1.25 bits per heavy atom. The molecule has 2 nitrogen and oxygen atoms in total. The van der Waals surface area contributed by atoms with Crippen molar-refractivity contribution in [2.45, 2.75) is 31.3 Å². The average molecular weight is 493 g/mol. The van der Waals surface area contributed by atoms with Crippen LogP contribution in [0.25, 0.3) is 0 Å². The number of aliphatic hydroxyl groups is 1. The van der Waals surface area contributed by atoms with Crippen LogP contribution in [0, 0.1) is 11.8 Å². The molecular weight excluding hydrogens is 458 g/mol. The second-order valence-corrected chi connectivity index (χ2v) is 9.82. The van der Waals surface area contributed by atoms with E-state index in [2.05, 4.69) is 54.6 Å². The zero-order chi connectivity index (χ0) is 21.2. The van der Waals surface area contributed by atoms with Gasteiger partial charge in [-0.1, -0.05) is 91.0 Å². The van der Waals surface area contributed by atoms with E-state index in [9.17, 15) is 5.11 Å². The van der Waals surface area contributed by atoms with Crippen LogP contribution in [0.2, 0.25) is 0 Å². The Morgan fingerprint density at radius 1 is 0.750 bits per heavy atom. The van der Waals surface area contributed by atoms with E-state index in [0.717, 1.165) is 29.9 Å². The first kappa shape index (κ1) is 23.2. The van der Waals surface area contributed by atoms with E-state index in [1.807, 2.05) is 36.4 Å². The predicted molar refractivity (Wildman–Crippen MR) is 127 cm³/mol. The molecule has 3 heteroatoms. The van der Waals surface area contributed by atoms with Gasteiger partial charge in [0.2, 0.25) is 0 Å². The maximum Gasteiger partial charge on any atom is 0.115 e. The number of nitrogens with zero attached hydrogens (tertiary/aromatic N) is 1. The summed E-state index contributed by atoms with van der Waals surface area (Å²) in [4.78, 5) is 0. The van der Waals surface area contributed by atoms with Crippen LogP contribution in [0.3, 0.4) is 0 Å². The number of piperidine rings is 3. The van der Waals surface area contributed by atoms with Gasteiger partial charge in [0.1, 0.15) is 5.60 Å². The van der Waals surface area contributed by atoms with Gasteiger partial charge in [-0.15, -0.1) is 0 Å². The van der Waals surface area contributed by atoms with Crippen LogP contribution >= 0.6 is 0 Å². The molecule has 3 saturated heterocycles. The second kappa shape index (κ2) is 9.91.